The van der Waals surface area contributed by atoms with Crippen molar-refractivity contribution in [3.8, 4) is 0 Å². The lowest BCUT2D eigenvalue weighted by Gasteiger charge is -2.25. The molecule has 0 spiro atoms. The monoisotopic (exact) mass is 266 g/mol. The Bertz CT molecular complexity index is 313. The average Bonchev–Trinajstić information content (AvgIpc) is 2.15. The lowest BCUT2D eigenvalue weighted by atomic mass is 10.3. The number of thiocarbonyl (C=S) groups is 1. The zero-order valence-electron chi connectivity index (χ0n) is 10.3. The first-order valence-electron chi connectivity index (χ1n) is 5.51. The largest absolute Gasteiger partial charge is 0.392 e. The van der Waals surface area contributed by atoms with Gasteiger partial charge in [-0.3, -0.25) is 4.90 Å². The molecular formula is C10H22N2O2S2. The maximum atomic E-state index is 11.3. The predicted octanol–water partition coefficient (Wildman–Crippen LogP) is 0.808. The molecule has 0 aromatic rings. The molecule has 16 heavy (non-hydrogen) atoms. The van der Waals surface area contributed by atoms with Crippen LogP contribution in [-0.2, 0) is 9.84 Å². The molecule has 0 saturated heterocycles. The zero-order chi connectivity index (χ0) is 12.8. The van der Waals surface area contributed by atoms with Gasteiger partial charge in [0, 0.05) is 18.3 Å². The van der Waals surface area contributed by atoms with Crippen molar-refractivity contribution in [2.75, 3.05) is 24.6 Å². The smallest absolute Gasteiger partial charge is 0.150 e. The van der Waals surface area contributed by atoms with Gasteiger partial charge < -0.3 is 5.73 Å². The molecule has 0 amide bonds. The molecular weight excluding hydrogens is 244 g/mol. The summed E-state index contributed by atoms with van der Waals surface area (Å²) in [6.45, 7) is 7.04. The zero-order valence-corrected chi connectivity index (χ0v) is 11.9. The highest BCUT2D eigenvalue weighted by Crippen LogP contribution is 2.02. The van der Waals surface area contributed by atoms with E-state index in [1.54, 1.807) is 6.92 Å². The molecule has 0 saturated carbocycles. The fourth-order valence-corrected chi connectivity index (χ4v) is 2.38. The van der Waals surface area contributed by atoms with Crippen LogP contribution in [0.2, 0.25) is 0 Å². The fraction of sp³-hybridized carbons (Fsp3) is 0.900. The van der Waals surface area contributed by atoms with Gasteiger partial charge in [-0.05, 0) is 26.8 Å². The van der Waals surface area contributed by atoms with Crippen LogP contribution in [0.25, 0.3) is 0 Å². The second-order valence-electron chi connectivity index (χ2n) is 4.12. The van der Waals surface area contributed by atoms with Gasteiger partial charge in [0.2, 0.25) is 0 Å². The molecule has 0 radical (unpaired) electrons. The minimum absolute atomic E-state index is 0.212. The summed E-state index contributed by atoms with van der Waals surface area (Å²) in [6, 6.07) is 0.325. The fourth-order valence-electron chi connectivity index (χ4n) is 1.35. The van der Waals surface area contributed by atoms with Crippen LogP contribution in [0.4, 0.5) is 0 Å². The highest BCUT2D eigenvalue weighted by atomic mass is 32.2. The van der Waals surface area contributed by atoms with E-state index >= 15 is 0 Å². The van der Waals surface area contributed by atoms with Gasteiger partial charge in [-0.2, -0.15) is 0 Å². The lowest BCUT2D eigenvalue weighted by Crippen LogP contribution is -2.38. The van der Waals surface area contributed by atoms with Crippen LogP contribution in [0.3, 0.4) is 0 Å². The summed E-state index contributed by atoms with van der Waals surface area (Å²) >= 11 is 4.86. The molecule has 0 unspecified atom stereocenters. The number of hydrogen-bond donors (Lipinski definition) is 1. The third kappa shape index (κ3) is 7.14. The number of sulfone groups is 1. The van der Waals surface area contributed by atoms with E-state index in [1.807, 2.05) is 13.8 Å². The Balaban J connectivity index is 4.09. The van der Waals surface area contributed by atoms with Crippen molar-refractivity contribution in [2.45, 2.75) is 33.2 Å². The van der Waals surface area contributed by atoms with Crippen LogP contribution in [-0.4, -0.2) is 48.9 Å². The van der Waals surface area contributed by atoms with Crippen molar-refractivity contribution < 1.29 is 8.42 Å². The van der Waals surface area contributed by atoms with Crippen molar-refractivity contribution in [2.24, 2.45) is 5.73 Å². The van der Waals surface area contributed by atoms with Crippen molar-refractivity contribution in [1.29, 1.82) is 0 Å². The van der Waals surface area contributed by atoms with E-state index in [0.29, 0.717) is 30.5 Å². The van der Waals surface area contributed by atoms with E-state index in [9.17, 15) is 8.42 Å². The first-order chi connectivity index (χ1) is 7.28. The molecule has 0 rings (SSSR count). The van der Waals surface area contributed by atoms with E-state index in [4.69, 9.17) is 18.0 Å². The topological polar surface area (TPSA) is 63.4 Å². The average molecular weight is 266 g/mol. The van der Waals surface area contributed by atoms with Gasteiger partial charge in [0.05, 0.1) is 10.7 Å². The quantitative estimate of drug-likeness (QED) is 0.659. The Morgan fingerprint density at radius 3 is 2.38 bits per heavy atom. The van der Waals surface area contributed by atoms with E-state index in [0.717, 1.165) is 0 Å². The van der Waals surface area contributed by atoms with Gasteiger partial charge in [0.25, 0.3) is 0 Å². The van der Waals surface area contributed by atoms with Gasteiger partial charge in [0.15, 0.2) is 0 Å². The minimum Gasteiger partial charge on any atom is -0.392 e. The van der Waals surface area contributed by atoms with Gasteiger partial charge in [-0.25, -0.2) is 8.42 Å². The Morgan fingerprint density at radius 2 is 2.00 bits per heavy atom. The second-order valence-corrected chi connectivity index (χ2v) is 7.12. The van der Waals surface area contributed by atoms with Crippen LogP contribution in [0.5, 0.6) is 0 Å². The van der Waals surface area contributed by atoms with Gasteiger partial charge in [0.1, 0.15) is 9.84 Å². The summed E-state index contributed by atoms with van der Waals surface area (Å²) in [6.07, 6.45) is 0.636. The summed E-state index contributed by atoms with van der Waals surface area (Å²) in [5.74, 6) is 0.452. The Hall–Kier alpha value is -0.200. The summed E-state index contributed by atoms with van der Waals surface area (Å²) < 4.78 is 22.6. The van der Waals surface area contributed by atoms with E-state index in [-0.39, 0.29) is 11.5 Å². The molecule has 96 valence electrons. The van der Waals surface area contributed by atoms with Crippen molar-refractivity contribution in [1.82, 2.24) is 4.90 Å². The SMILES string of the molecule is CCS(=O)(=O)CCCN(CC(N)=S)C(C)C. The van der Waals surface area contributed by atoms with Crippen LogP contribution in [0.1, 0.15) is 27.2 Å². The Labute approximate surface area is 104 Å². The van der Waals surface area contributed by atoms with Crippen molar-refractivity contribution in [3.63, 3.8) is 0 Å². The maximum Gasteiger partial charge on any atom is 0.150 e. The van der Waals surface area contributed by atoms with Gasteiger partial charge in [-0.15, -0.1) is 0 Å². The van der Waals surface area contributed by atoms with Crippen LogP contribution in [0.15, 0.2) is 0 Å². The summed E-state index contributed by atoms with van der Waals surface area (Å²) in [5, 5.41) is 0. The molecule has 2 N–H and O–H groups in total. The molecule has 0 bridgehead atoms. The van der Waals surface area contributed by atoms with E-state index < -0.39 is 9.84 Å². The van der Waals surface area contributed by atoms with Gasteiger partial charge >= 0.3 is 0 Å². The molecule has 6 heteroatoms. The van der Waals surface area contributed by atoms with Crippen LogP contribution >= 0.6 is 12.2 Å². The summed E-state index contributed by atoms with van der Waals surface area (Å²) in [5.41, 5.74) is 5.49. The molecule has 0 aromatic carbocycles. The summed E-state index contributed by atoms with van der Waals surface area (Å²) in [4.78, 5) is 2.54. The molecule has 0 aliphatic heterocycles. The van der Waals surface area contributed by atoms with Crippen LogP contribution < -0.4 is 5.73 Å². The number of nitrogens with zero attached hydrogens (tertiary/aromatic N) is 1. The van der Waals surface area contributed by atoms with Crippen LogP contribution in [0, 0.1) is 0 Å². The predicted molar refractivity (Wildman–Crippen MR) is 72.4 cm³/mol. The standard InChI is InChI=1S/C10H22N2O2S2/c1-4-16(13,14)7-5-6-12(9(2)3)8-10(11)15/h9H,4-8H2,1-3H3,(H2,11,15). The first-order valence-corrected chi connectivity index (χ1v) is 7.74. The third-order valence-corrected chi connectivity index (χ3v) is 4.35. The molecule has 0 aliphatic rings. The maximum absolute atomic E-state index is 11.3. The van der Waals surface area contributed by atoms with E-state index in [2.05, 4.69) is 4.90 Å². The molecule has 4 nitrogen and oxygen atoms in total. The Morgan fingerprint density at radius 1 is 1.44 bits per heavy atom. The van der Waals surface area contributed by atoms with Crippen molar-refractivity contribution in [3.05, 3.63) is 0 Å². The molecule has 0 fully saturated rings. The van der Waals surface area contributed by atoms with Gasteiger partial charge in [-0.1, -0.05) is 19.1 Å². The normalized spacial score (nSPS) is 12.3. The van der Waals surface area contributed by atoms with E-state index in [1.165, 1.54) is 0 Å². The second kappa shape index (κ2) is 7.19. The number of hydrogen-bond acceptors (Lipinski definition) is 4. The number of rotatable bonds is 8. The minimum atomic E-state index is -2.86. The number of nitrogens with two attached hydrogens (primary N) is 1. The Kier molecular flexibility index (Phi) is 7.10. The molecule has 0 heterocycles. The lowest BCUT2D eigenvalue weighted by molar-refractivity contribution is 0.255. The highest BCUT2D eigenvalue weighted by molar-refractivity contribution is 7.91. The highest BCUT2D eigenvalue weighted by Gasteiger charge is 2.12. The third-order valence-electron chi connectivity index (χ3n) is 2.43. The molecule has 0 atom stereocenters. The summed E-state index contributed by atoms with van der Waals surface area (Å²) in [7, 11) is -2.86. The molecule has 0 aromatic heterocycles. The van der Waals surface area contributed by atoms with Crippen molar-refractivity contribution >= 4 is 27.0 Å². The first kappa shape index (κ1) is 15.8. The molecule has 0 aliphatic carbocycles.